The Morgan fingerprint density at radius 3 is 2.20 bits per heavy atom. The normalized spacial score (nSPS) is 10.8. The third-order valence-electron chi connectivity index (χ3n) is 0.691. The fourth-order valence-corrected chi connectivity index (χ4v) is 0.386. The van der Waals surface area contributed by atoms with Crippen LogP contribution in [-0.2, 0) is 4.74 Å². The van der Waals surface area contributed by atoms with E-state index in [2.05, 4.69) is 0 Å². The Hall–Kier alpha value is 0.670. The summed E-state index contributed by atoms with van der Waals surface area (Å²) in [5, 5.41) is 17.3. The standard InChI is InChI=1S/C6H14O3.H2Te/c1-6(2,8)5-9-4-3-7;/h7-8H,3-5H2,1-2H3;1H2. The fourth-order valence-electron chi connectivity index (χ4n) is 0.386. The summed E-state index contributed by atoms with van der Waals surface area (Å²) >= 11 is 0. The van der Waals surface area contributed by atoms with Crippen molar-refractivity contribution in [2.75, 3.05) is 19.8 Å². The zero-order chi connectivity index (χ0) is 7.33. The molecule has 0 saturated heterocycles. The molecule has 0 aromatic heterocycles. The summed E-state index contributed by atoms with van der Waals surface area (Å²) in [6, 6.07) is 0. The van der Waals surface area contributed by atoms with E-state index in [4.69, 9.17) is 14.9 Å². The van der Waals surface area contributed by atoms with Crippen molar-refractivity contribution < 1.29 is 14.9 Å². The molecule has 0 atom stereocenters. The summed E-state index contributed by atoms with van der Waals surface area (Å²) in [7, 11) is 0. The van der Waals surface area contributed by atoms with Crippen molar-refractivity contribution >= 4 is 23.7 Å². The SMILES string of the molecule is CC(C)(O)COCCO.[TeH2]. The Morgan fingerprint density at radius 2 is 1.90 bits per heavy atom. The molecule has 0 rings (SSSR count). The number of hydrogen-bond acceptors (Lipinski definition) is 3. The average molecular weight is 264 g/mol. The number of rotatable bonds is 4. The first-order valence-corrected chi connectivity index (χ1v) is 2.97. The molecule has 0 aromatic carbocycles. The van der Waals surface area contributed by atoms with Crippen molar-refractivity contribution in [3.63, 3.8) is 0 Å². The van der Waals surface area contributed by atoms with E-state index in [-0.39, 0.29) is 36.9 Å². The van der Waals surface area contributed by atoms with Crippen molar-refractivity contribution in [3.8, 4) is 0 Å². The number of ether oxygens (including phenoxy) is 1. The van der Waals surface area contributed by atoms with Crippen molar-refractivity contribution in [1.82, 2.24) is 0 Å². The molecule has 4 heteroatoms. The van der Waals surface area contributed by atoms with Crippen LogP contribution in [0.25, 0.3) is 0 Å². The van der Waals surface area contributed by atoms with Gasteiger partial charge in [-0.3, -0.25) is 0 Å². The van der Waals surface area contributed by atoms with E-state index < -0.39 is 5.60 Å². The van der Waals surface area contributed by atoms with E-state index in [1.165, 1.54) is 0 Å². The summed E-state index contributed by atoms with van der Waals surface area (Å²) in [6.45, 7) is 3.89. The predicted octanol–water partition coefficient (Wildman–Crippen LogP) is -1.15. The molecule has 0 unspecified atom stereocenters. The summed E-state index contributed by atoms with van der Waals surface area (Å²) in [6.07, 6.45) is 0. The Bertz CT molecular complexity index is 69.9. The molecule has 0 amide bonds. The zero-order valence-electron chi connectivity index (χ0n) is 6.42. The summed E-state index contributed by atoms with van der Waals surface area (Å²) in [5.74, 6) is 0. The molecule has 2 N–H and O–H groups in total. The topological polar surface area (TPSA) is 49.7 Å². The van der Waals surface area contributed by atoms with Gasteiger partial charge in [0.25, 0.3) is 0 Å². The molecule has 0 heterocycles. The maximum atomic E-state index is 9.04. The van der Waals surface area contributed by atoms with Crippen LogP contribution in [0.2, 0.25) is 0 Å². The number of hydrogen-bond donors (Lipinski definition) is 2. The van der Waals surface area contributed by atoms with Gasteiger partial charge < -0.3 is 14.9 Å². The van der Waals surface area contributed by atoms with Gasteiger partial charge in [-0.1, -0.05) is 0 Å². The van der Waals surface area contributed by atoms with Gasteiger partial charge in [-0.2, -0.15) is 0 Å². The van der Waals surface area contributed by atoms with Crippen LogP contribution in [0.1, 0.15) is 13.8 Å². The fraction of sp³-hybridized carbons (Fsp3) is 1.00. The molecule has 0 aliphatic heterocycles. The molecular weight excluding hydrogens is 248 g/mol. The zero-order valence-corrected chi connectivity index (χ0v) is 9.28. The summed E-state index contributed by atoms with van der Waals surface area (Å²) in [5.41, 5.74) is -0.783. The van der Waals surface area contributed by atoms with Gasteiger partial charge in [-0.05, 0) is 13.8 Å². The van der Waals surface area contributed by atoms with Gasteiger partial charge in [0.15, 0.2) is 0 Å². The first-order chi connectivity index (χ1) is 4.06. The molecule has 0 bridgehead atoms. The van der Waals surface area contributed by atoms with Crippen molar-refractivity contribution in [2.24, 2.45) is 0 Å². The Morgan fingerprint density at radius 1 is 1.40 bits per heavy atom. The van der Waals surface area contributed by atoms with Crippen LogP contribution in [0.3, 0.4) is 0 Å². The third kappa shape index (κ3) is 11.5. The van der Waals surface area contributed by atoms with Gasteiger partial charge in [0.2, 0.25) is 0 Å². The van der Waals surface area contributed by atoms with E-state index >= 15 is 0 Å². The van der Waals surface area contributed by atoms with Crippen LogP contribution in [0.15, 0.2) is 0 Å². The first-order valence-electron chi connectivity index (χ1n) is 2.97. The van der Waals surface area contributed by atoms with Crippen LogP contribution < -0.4 is 0 Å². The summed E-state index contributed by atoms with van der Waals surface area (Å²) < 4.78 is 4.85. The van der Waals surface area contributed by atoms with Crippen LogP contribution in [0.5, 0.6) is 0 Å². The van der Waals surface area contributed by atoms with E-state index in [0.717, 1.165) is 0 Å². The first kappa shape index (κ1) is 13.3. The molecule has 0 radical (unpaired) electrons. The Kier molecular flexibility index (Phi) is 8.47. The van der Waals surface area contributed by atoms with Crippen LogP contribution >= 0.6 is 0 Å². The van der Waals surface area contributed by atoms with Crippen LogP contribution in [0.4, 0.5) is 0 Å². The van der Waals surface area contributed by atoms with E-state index in [1.54, 1.807) is 13.8 Å². The van der Waals surface area contributed by atoms with Crippen molar-refractivity contribution in [2.45, 2.75) is 19.4 Å². The monoisotopic (exact) mass is 266 g/mol. The van der Waals surface area contributed by atoms with Crippen molar-refractivity contribution in [1.29, 1.82) is 0 Å². The second-order valence-corrected chi connectivity index (χ2v) is 2.59. The minimum absolute atomic E-state index is 0. The molecule has 0 aromatic rings. The second kappa shape index (κ2) is 6.38. The van der Waals surface area contributed by atoms with E-state index in [9.17, 15) is 0 Å². The van der Waals surface area contributed by atoms with Crippen molar-refractivity contribution in [3.05, 3.63) is 0 Å². The number of aliphatic hydroxyl groups is 2. The van der Waals surface area contributed by atoms with Gasteiger partial charge in [0.05, 0.1) is 25.4 Å². The van der Waals surface area contributed by atoms with Gasteiger partial charge in [-0.25, -0.2) is 0 Å². The summed E-state index contributed by atoms with van der Waals surface area (Å²) in [4.78, 5) is 0. The molecule has 0 saturated carbocycles. The number of aliphatic hydroxyl groups excluding tert-OH is 1. The molecule has 0 aliphatic carbocycles. The molecule has 0 fully saturated rings. The van der Waals surface area contributed by atoms with E-state index in [0.29, 0.717) is 6.61 Å². The molecule has 64 valence electrons. The van der Waals surface area contributed by atoms with Crippen LogP contribution in [0, 0.1) is 0 Å². The van der Waals surface area contributed by atoms with Gasteiger partial charge in [-0.15, -0.1) is 0 Å². The quantitative estimate of drug-likeness (QED) is 0.498. The van der Waals surface area contributed by atoms with E-state index in [1.807, 2.05) is 0 Å². The average Bonchev–Trinajstić information content (AvgIpc) is 1.63. The Labute approximate surface area is 78.1 Å². The molecule has 0 spiro atoms. The molecular formula is C6H16O3Te. The maximum absolute atomic E-state index is 9.04. The molecule has 3 nitrogen and oxygen atoms in total. The predicted molar refractivity (Wildman–Crippen MR) is 42.7 cm³/mol. The van der Waals surface area contributed by atoms with Gasteiger partial charge in [0.1, 0.15) is 0 Å². The van der Waals surface area contributed by atoms with Gasteiger partial charge >= 0.3 is 23.7 Å². The molecule has 0 aliphatic rings. The minimum atomic E-state index is -0.783. The molecule has 10 heavy (non-hydrogen) atoms. The second-order valence-electron chi connectivity index (χ2n) is 2.59. The Balaban J connectivity index is 0. The van der Waals surface area contributed by atoms with Gasteiger partial charge in [0, 0.05) is 0 Å². The van der Waals surface area contributed by atoms with Crippen LogP contribution in [-0.4, -0.2) is 59.3 Å². The third-order valence-corrected chi connectivity index (χ3v) is 0.691.